The van der Waals surface area contributed by atoms with Crippen LogP contribution in [0.5, 0.6) is 0 Å². The van der Waals surface area contributed by atoms with Crippen molar-refractivity contribution < 1.29 is 0 Å². The van der Waals surface area contributed by atoms with Crippen LogP contribution in [0.2, 0.25) is 0 Å². The van der Waals surface area contributed by atoms with Crippen LogP contribution in [0.4, 0.5) is 0 Å². The van der Waals surface area contributed by atoms with E-state index < -0.39 is 0 Å². The zero-order valence-electron chi connectivity index (χ0n) is 12.5. The number of piperazine rings is 1. The van der Waals surface area contributed by atoms with E-state index in [0.717, 1.165) is 13.1 Å². The van der Waals surface area contributed by atoms with Crippen LogP contribution in [0.3, 0.4) is 0 Å². The summed E-state index contributed by atoms with van der Waals surface area (Å²) in [5.41, 5.74) is 2.79. The lowest BCUT2D eigenvalue weighted by Gasteiger charge is -2.36. The Kier molecular flexibility index (Phi) is 5.37. The van der Waals surface area contributed by atoms with Gasteiger partial charge in [0.15, 0.2) is 0 Å². The molecule has 1 heterocycles. The fourth-order valence-electron chi connectivity index (χ4n) is 2.66. The fourth-order valence-corrected chi connectivity index (χ4v) is 2.66. The van der Waals surface area contributed by atoms with Crippen LogP contribution in [-0.2, 0) is 13.1 Å². The molecule has 0 amide bonds. The summed E-state index contributed by atoms with van der Waals surface area (Å²) in [6.07, 6.45) is 0. The molecule has 1 aliphatic rings. The van der Waals surface area contributed by atoms with Crippen molar-refractivity contribution in [3.05, 3.63) is 35.4 Å². The van der Waals surface area contributed by atoms with E-state index in [0.29, 0.717) is 6.04 Å². The van der Waals surface area contributed by atoms with Crippen molar-refractivity contribution in [2.75, 3.05) is 33.2 Å². The summed E-state index contributed by atoms with van der Waals surface area (Å²) in [4.78, 5) is 5.12. The second-order valence-electron chi connectivity index (χ2n) is 5.75. The number of benzene rings is 1. The molecule has 0 aliphatic carbocycles. The van der Waals surface area contributed by atoms with Gasteiger partial charge in [0.05, 0.1) is 0 Å². The number of hydrogen-bond donors (Lipinski definition) is 1. The van der Waals surface area contributed by atoms with Crippen molar-refractivity contribution >= 4 is 0 Å². The Morgan fingerprint density at radius 1 is 1.00 bits per heavy atom. The third-order valence-electron chi connectivity index (χ3n) is 3.95. The maximum Gasteiger partial charge on any atom is 0.0234 e. The second kappa shape index (κ2) is 7.04. The summed E-state index contributed by atoms with van der Waals surface area (Å²) < 4.78 is 0. The van der Waals surface area contributed by atoms with E-state index in [2.05, 4.69) is 53.2 Å². The van der Waals surface area contributed by atoms with Crippen LogP contribution >= 0.6 is 0 Å². The van der Waals surface area contributed by atoms with Crippen molar-refractivity contribution in [1.82, 2.24) is 15.1 Å². The molecule has 0 spiro atoms. The number of rotatable bonds is 5. The van der Waals surface area contributed by atoms with Crippen molar-refractivity contribution in [3.8, 4) is 0 Å². The lowest BCUT2D eigenvalue weighted by Crippen LogP contribution is -2.48. The zero-order valence-corrected chi connectivity index (χ0v) is 12.5. The fraction of sp³-hybridized carbons (Fsp3) is 0.625. The van der Waals surface area contributed by atoms with Crippen LogP contribution < -0.4 is 5.32 Å². The summed E-state index contributed by atoms with van der Waals surface area (Å²) in [5, 5.41) is 3.18. The van der Waals surface area contributed by atoms with Crippen LogP contribution in [-0.4, -0.2) is 49.1 Å². The van der Waals surface area contributed by atoms with Crippen molar-refractivity contribution in [1.29, 1.82) is 0 Å². The summed E-state index contributed by atoms with van der Waals surface area (Å²) in [7, 11) is 1.99. The second-order valence-corrected chi connectivity index (χ2v) is 5.75. The van der Waals surface area contributed by atoms with Crippen LogP contribution in [0, 0.1) is 0 Å². The maximum absolute atomic E-state index is 3.18. The van der Waals surface area contributed by atoms with Gasteiger partial charge in [0, 0.05) is 45.3 Å². The molecule has 3 nitrogen and oxygen atoms in total. The Morgan fingerprint density at radius 2 is 1.58 bits per heavy atom. The number of nitrogens with zero attached hydrogens (tertiary/aromatic N) is 2. The lowest BCUT2D eigenvalue weighted by atomic mass is 10.1. The third kappa shape index (κ3) is 4.30. The van der Waals surface area contributed by atoms with Gasteiger partial charge >= 0.3 is 0 Å². The molecule has 3 heteroatoms. The summed E-state index contributed by atoms with van der Waals surface area (Å²) in [6, 6.07) is 9.68. The van der Waals surface area contributed by atoms with E-state index in [1.165, 1.54) is 37.3 Å². The maximum atomic E-state index is 3.18. The van der Waals surface area contributed by atoms with Gasteiger partial charge < -0.3 is 5.32 Å². The quantitative estimate of drug-likeness (QED) is 0.874. The Labute approximate surface area is 117 Å². The lowest BCUT2D eigenvalue weighted by molar-refractivity contribution is 0.104. The molecule has 1 N–H and O–H groups in total. The van der Waals surface area contributed by atoms with Gasteiger partial charge in [-0.1, -0.05) is 24.3 Å². The molecule has 1 saturated heterocycles. The van der Waals surface area contributed by atoms with Crippen molar-refractivity contribution in [3.63, 3.8) is 0 Å². The third-order valence-corrected chi connectivity index (χ3v) is 3.95. The highest BCUT2D eigenvalue weighted by Crippen LogP contribution is 2.11. The van der Waals surface area contributed by atoms with Gasteiger partial charge in [0.1, 0.15) is 0 Å². The average molecular weight is 261 g/mol. The van der Waals surface area contributed by atoms with Gasteiger partial charge in [0.2, 0.25) is 0 Å². The van der Waals surface area contributed by atoms with Gasteiger partial charge in [0.25, 0.3) is 0 Å². The molecule has 1 fully saturated rings. The highest BCUT2D eigenvalue weighted by molar-refractivity contribution is 5.22. The molecule has 2 rings (SSSR count). The summed E-state index contributed by atoms with van der Waals surface area (Å²) >= 11 is 0. The summed E-state index contributed by atoms with van der Waals surface area (Å²) in [5.74, 6) is 0. The Hall–Kier alpha value is -0.900. The first-order valence-electron chi connectivity index (χ1n) is 7.38. The van der Waals surface area contributed by atoms with Crippen molar-refractivity contribution in [2.45, 2.75) is 33.0 Å². The van der Waals surface area contributed by atoms with Gasteiger partial charge in [-0.2, -0.15) is 0 Å². The van der Waals surface area contributed by atoms with E-state index in [9.17, 15) is 0 Å². The molecule has 1 aliphatic heterocycles. The molecular formula is C16H27N3. The van der Waals surface area contributed by atoms with Gasteiger partial charge in [-0.15, -0.1) is 0 Å². The molecule has 1 aromatic rings. The Morgan fingerprint density at radius 3 is 2.11 bits per heavy atom. The number of nitrogens with one attached hydrogen (secondary N) is 1. The predicted molar refractivity (Wildman–Crippen MR) is 81.2 cm³/mol. The number of hydrogen-bond acceptors (Lipinski definition) is 3. The highest BCUT2D eigenvalue weighted by atomic mass is 15.3. The van der Waals surface area contributed by atoms with Gasteiger partial charge in [-0.05, 0) is 32.0 Å². The minimum Gasteiger partial charge on any atom is -0.316 e. The largest absolute Gasteiger partial charge is 0.316 e. The first-order valence-corrected chi connectivity index (χ1v) is 7.38. The first-order chi connectivity index (χ1) is 9.19. The topological polar surface area (TPSA) is 18.5 Å². The normalized spacial score (nSPS) is 18.1. The SMILES string of the molecule is CNCc1ccc(CN2CCN(C(C)C)CC2)cc1. The molecule has 106 valence electrons. The molecule has 0 radical (unpaired) electrons. The van der Waals surface area contributed by atoms with E-state index in [-0.39, 0.29) is 0 Å². The minimum atomic E-state index is 0.683. The van der Waals surface area contributed by atoms with E-state index in [4.69, 9.17) is 0 Å². The predicted octanol–water partition coefficient (Wildman–Crippen LogP) is 1.93. The monoisotopic (exact) mass is 261 g/mol. The Balaban J connectivity index is 1.82. The highest BCUT2D eigenvalue weighted by Gasteiger charge is 2.18. The van der Waals surface area contributed by atoms with Crippen LogP contribution in [0.1, 0.15) is 25.0 Å². The van der Waals surface area contributed by atoms with E-state index in [1.54, 1.807) is 0 Å². The smallest absolute Gasteiger partial charge is 0.0234 e. The van der Waals surface area contributed by atoms with Gasteiger partial charge in [-0.25, -0.2) is 0 Å². The zero-order chi connectivity index (χ0) is 13.7. The van der Waals surface area contributed by atoms with Gasteiger partial charge in [-0.3, -0.25) is 9.80 Å². The molecule has 0 unspecified atom stereocenters. The minimum absolute atomic E-state index is 0.683. The first kappa shape index (κ1) is 14.5. The molecule has 0 bridgehead atoms. The molecular weight excluding hydrogens is 234 g/mol. The van der Waals surface area contributed by atoms with E-state index in [1.807, 2.05) is 7.05 Å². The van der Waals surface area contributed by atoms with E-state index >= 15 is 0 Å². The molecule has 0 aromatic heterocycles. The Bertz CT molecular complexity index is 364. The molecule has 1 aromatic carbocycles. The molecule has 19 heavy (non-hydrogen) atoms. The average Bonchev–Trinajstić information content (AvgIpc) is 2.42. The standard InChI is InChI=1S/C16H27N3/c1-14(2)19-10-8-18(9-11-19)13-16-6-4-15(5-7-16)12-17-3/h4-7,14,17H,8-13H2,1-3H3. The van der Waals surface area contributed by atoms with Crippen molar-refractivity contribution in [2.24, 2.45) is 0 Å². The van der Waals surface area contributed by atoms with Crippen LogP contribution in [0.25, 0.3) is 0 Å². The molecule has 0 saturated carbocycles. The van der Waals surface area contributed by atoms with Crippen LogP contribution in [0.15, 0.2) is 24.3 Å². The summed E-state index contributed by atoms with van der Waals surface area (Å²) in [6.45, 7) is 11.4. The molecule has 0 atom stereocenters.